The van der Waals surface area contributed by atoms with Crippen LogP contribution < -0.4 is 5.32 Å². The lowest BCUT2D eigenvalue weighted by Gasteiger charge is -2.34. The largest absolute Gasteiger partial charge is 0.343 e. The average Bonchev–Trinajstić information content (AvgIpc) is 2.95. The van der Waals surface area contributed by atoms with Crippen LogP contribution in [0.2, 0.25) is 5.02 Å². The Morgan fingerprint density at radius 1 is 0.769 bits per heavy atom. The van der Waals surface area contributed by atoms with Gasteiger partial charge < -0.3 is 10.2 Å². The molecule has 39 heavy (non-hydrogen) atoms. The normalized spacial score (nSPS) is 14.0. The summed E-state index contributed by atoms with van der Waals surface area (Å²) >= 11 is 5.85. The van der Waals surface area contributed by atoms with E-state index in [1.807, 2.05) is 24.3 Å². The Morgan fingerprint density at radius 2 is 1.33 bits per heavy atom. The quantitative estimate of drug-likeness (QED) is 0.302. The highest BCUT2D eigenvalue weighted by molar-refractivity contribution is 6.30. The van der Waals surface area contributed by atoms with Gasteiger partial charge in [0.1, 0.15) is 11.6 Å². The van der Waals surface area contributed by atoms with Gasteiger partial charge in [0.2, 0.25) is 5.91 Å². The second kappa shape index (κ2) is 14.2. The van der Waals surface area contributed by atoms with Gasteiger partial charge in [0, 0.05) is 42.7 Å². The summed E-state index contributed by atoms with van der Waals surface area (Å²) in [5, 5.41) is 3.24. The Labute approximate surface area is 233 Å². The summed E-state index contributed by atoms with van der Waals surface area (Å²) in [5.74, 6) is -0.799. The van der Waals surface area contributed by atoms with E-state index in [1.165, 1.54) is 24.3 Å². The molecule has 0 bridgehead atoms. The van der Waals surface area contributed by atoms with Crippen molar-refractivity contribution in [3.63, 3.8) is 0 Å². The van der Waals surface area contributed by atoms with E-state index >= 15 is 0 Å². The van der Waals surface area contributed by atoms with Crippen LogP contribution in [0.5, 0.6) is 0 Å². The highest BCUT2D eigenvalue weighted by Crippen LogP contribution is 2.30. The molecule has 0 saturated carbocycles. The zero-order valence-corrected chi connectivity index (χ0v) is 22.7. The second-order valence-electron chi connectivity index (χ2n) is 9.92. The molecule has 1 fully saturated rings. The summed E-state index contributed by atoms with van der Waals surface area (Å²) in [4.78, 5) is 29.0. The number of rotatable bonds is 11. The summed E-state index contributed by atoms with van der Waals surface area (Å²) in [6.07, 6.45) is 4.01. The second-order valence-corrected chi connectivity index (χ2v) is 10.4. The standard InChI is InChI=1S/C31H34ClF2N3O2/c32-26-11-5-25(6-12-26)31(39)35-22-30(38)37-20-18-36(19-21-37)17-3-1-2-4-29(23-7-13-27(33)14-8-23)24-9-15-28(34)16-10-24/h5-16,29H,1-4,17-22H2,(H,35,39). The van der Waals surface area contributed by atoms with Gasteiger partial charge in [0.15, 0.2) is 0 Å². The van der Waals surface area contributed by atoms with E-state index in [1.54, 1.807) is 29.2 Å². The first kappa shape index (κ1) is 28.7. The number of carbonyl (C=O) groups excluding carboxylic acids is 2. The summed E-state index contributed by atoms with van der Waals surface area (Å²) in [5.41, 5.74) is 2.54. The van der Waals surface area contributed by atoms with Gasteiger partial charge in [-0.05, 0) is 79.0 Å². The highest BCUT2D eigenvalue weighted by Gasteiger charge is 2.21. The Morgan fingerprint density at radius 3 is 1.90 bits per heavy atom. The Bertz CT molecular complexity index is 1170. The van der Waals surface area contributed by atoms with E-state index in [0.29, 0.717) is 23.7 Å². The van der Waals surface area contributed by atoms with E-state index in [4.69, 9.17) is 11.6 Å². The van der Waals surface area contributed by atoms with Gasteiger partial charge in [-0.1, -0.05) is 48.7 Å². The van der Waals surface area contributed by atoms with Crippen LogP contribution in [0.15, 0.2) is 72.8 Å². The number of unbranched alkanes of at least 4 members (excludes halogenated alkanes) is 2. The predicted octanol–water partition coefficient (Wildman–Crippen LogP) is 5.88. The number of carbonyl (C=O) groups is 2. The third-order valence-electron chi connectivity index (χ3n) is 7.24. The Kier molecular flexibility index (Phi) is 10.5. The van der Waals surface area contributed by atoms with Crippen molar-refractivity contribution < 1.29 is 18.4 Å². The summed E-state index contributed by atoms with van der Waals surface area (Å²) in [6, 6.07) is 19.7. The molecule has 0 aliphatic carbocycles. The molecule has 3 aromatic carbocycles. The molecule has 206 valence electrons. The van der Waals surface area contributed by atoms with Gasteiger partial charge in [-0.25, -0.2) is 8.78 Å². The zero-order chi connectivity index (χ0) is 27.6. The minimum Gasteiger partial charge on any atom is -0.343 e. The number of nitrogens with one attached hydrogen (secondary N) is 1. The van der Waals surface area contributed by atoms with Crippen molar-refractivity contribution in [2.45, 2.75) is 31.6 Å². The summed E-state index contributed by atoms with van der Waals surface area (Å²) in [7, 11) is 0. The number of hydrogen-bond donors (Lipinski definition) is 1. The smallest absolute Gasteiger partial charge is 0.251 e. The lowest BCUT2D eigenvalue weighted by Crippen LogP contribution is -2.51. The van der Waals surface area contributed by atoms with Gasteiger partial charge in [-0.3, -0.25) is 14.5 Å². The lowest BCUT2D eigenvalue weighted by molar-refractivity contribution is -0.131. The van der Waals surface area contributed by atoms with E-state index in [0.717, 1.165) is 56.4 Å². The van der Waals surface area contributed by atoms with Crippen LogP contribution >= 0.6 is 11.6 Å². The Hall–Kier alpha value is -3.29. The average molecular weight is 554 g/mol. The first-order chi connectivity index (χ1) is 18.9. The fraction of sp³-hybridized carbons (Fsp3) is 0.355. The number of piperazine rings is 1. The maximum Gasteiger partial charge on any atom is 0.251 e. The van der Waals surface area contributed by atoms with Crippen LogP contribution in [-0.2, 0) is 4.79 Å². The van der Waals surface area contributed by atoms with E-state index in [-0.39, 0.29) is 35.9 Å². The third kappa shape index (κ3) is 8.60. The molecule has 1 saturated heterocycles. The number of benzene rings is 3. The monoisotopic (exact) mass is 553 g/mol. The number of hydrogen-bond acceptors (Lipinski definition) is 3. The molecule has 1 aliphatic rings. The van der Waals surface area contributed by atoms with Crippen molar-refractivity contribution in [1.82, 2.24) is 15.1 Å². The van der Waals surface area contributed by atoms with Gasteiger partial charge in [0.05, 0.1) is 6.54 Å². The summed E-state index contributed by atoms with van der Waals surface area (Å²) < 4.78 is 26.9. The van der Waals surface area contributed by atoms with Crippen LogP contribution in [0.25, 0.3) is 0 Å². The van der Waals surface area contributed by atoms with E-state index in [2.05, 4.69) is 10.2 Å². The molecule has 0 atom stereocenters. The summed E-state index contributed by atoms with van der Waals surface area (Å²) in [6.45, 7) is 3.85. The van der Waals surface area contributed by atoms with Crippen LogP contribution in [0.1, 0.15) is 53.1 Å². The van der Waals surface area contributed by atoms with Crippen LogP contribution in [0, 0.1) is 11.6 Å². The molecule has 1 heterocycles. The van der Waals surface area contributed by atoms with Gasteiger partial charge >= 0.3 is 0 Å². The first-order valence-corrected chi connectivity index (χ1v) is 13.8. The maximum atomic E-state index is 13.5. The maximum absolute atomic E-state index is 13.5. The SMILES string of the molecule is O=C(NCC(=O)N1CCN(CCCCCC(c2ccc(F)cc2)c2ccc(F)cc2)CC1)c1ccc(Cl)cc1. The minimum atomic E-state index is -0.292. The Balaban J connectivity index is 1.15. The molecule has 0 radical (unpaired) electrons. The fourth-order valence-corrected chi connectivity index (χ4v) is 5.09. The molecule has 2 amide bonds. The van der Waals surface area contributed by atoms with Crippen molar-refractivity contribution in [1.29, 1.82) is 0 Å². The predicted molar refractivity (Wildman–Crippen MR) is 150 cm³/mol. The number of amides is 2. The van der Waals surface area contributed by atoms with Gasteiger partial charge in [-0.15, -0.1) is 0 Å². The molecule has 1 aliphatic heterocycles. The molecule has 4 rings (SSSR count). The molecule has 0 spiro atoms. The van der Waals surface area contributed by atoms with Gasteiger partial charge in [0.25, 0.3) is 5.91 Å². The van der Waals surface area contributed by atoms with E-state index in [9.17, 15) is 18.4 Å². The van der Waals surface area contributed by atoms with Crippen molar-refractivity contribution in [3.05, 3.63) is 106 Å². The highest BCUT2D eigenvalue weighted by atomic mass is 35.5. The first-order valence-electron chi connectivity index (χ1n) is 13.4. The zero-order valence-electron chi connectivity index (χ0n) is 21.9. The van der Waals surface area contributed by atoms with Crippen molar-refractivity contribution in [2.24, 2.45) is 0 Å². The molecule has 5 nitrogen and oxygen atoms in total. The third-order valence-corrected chi connectivity index (χ3v) is 7.50. The van der Waals surface area contributed by atoms with E-state index < -0.39 is 0 Å². The molecular formula is C31H34ClF2N3O2. The molecule has 8 heteroatoms. The topological polar surface area (TPSA) is 52.7 Å². The van der Waals surface area contributed by atoms with Crippen molar-refractivity contribution in [2.75, 3.05) is 39.3 Å². The minimum absolute atomic E-state index is 0.0231. The number of halogens is 3. The molecular weight excluding hydrogens is 520 g/mol. The fourth-order valence-electron chi connectivity index (χ4n) is 4.97. The van der Waals surface area contributed by atoms with Crippen molar-refractivity contribution >= 4 is 23.4 Å². The molecule has 0 unspecified atom stereocenters. The number of nitrogens with zero attached hydrogens (tertiary/aromatic N) is 2. The molecule has 0 aromatic heterocycles. The van der Waals surface area contributed by atoms with Crippen LogP contribution in [0.3, 0.4) is 0 Å². The van der Waals surface area contributed by atoms with Crippen LogP contribution in [0.4, 0.5) is 8.78 Å². The van der Waals surface area contributed by atoms with Gasteiger partial charge in [-0.2, -0.15) is 0 Å². The lowest BCUT2D eigenvalue weighted by atomic mass is 9.87. The van der Waals surface area contributed by atoms with Crippen LogP contribution in [-0.4, -0.2) is 60.9 Å². The van der Waals surface area contributed by atoms with Crippen molar-refractivity contribution in [3.8, 4) is 0 Å². The molecule has 3 aromatic rings. The molecule has 1 N–H and O–H groups in total.